The van der Waals surface area contributed by atoms with Crippen LogP contribution in [-0.2, 0) is 22.7 Å². The minimum absolute atomic E-state index is 0.564. The van der Waals surface area contributed by atoms with Crippen LogP contribution >= 0.6 is 0 Å². The summed E-state index contributed by atoms with van der Waals surface area (Å²) in [5.41, 5.74) is 12.4. The van der Waals surface area contributed by atoms with E-state index in [1.54, 1.807) is 0 Å². The number of fused-ring (bicyclic) bond motifs is 3. The maximum atomic E-state index is 12.0. The van der Waals surface area contributed by atoms with Crippen molar-refractivity contribution in [1.29, 1.82) is 0 Å². The lowest BCUT2D eigenvalue weighted by molar-refractivity contribution is -0.137. The van der Waals surface area contributed by atoms with E-state index in [0.29, 0.717) is 24.3 Å². The average Bonchev–Trinajstić information content (AvgIpc) is 3.44. The lowest BCUT2D eigenvalue weighted by atomic mass is 9.83. The summed E-state index contributed by atoms with van der Waals surface area (Å²) in [7, 11) is -4.43. The second-order valence-electron chi connectivity index (χ2n) is 10.6. The van der Waals surface area contributed by atoms with Crippen molar-refractivity contribution in [2.45, 2.75) is 17.5 Å². The van der Waals surface area contributed by atoms with E-state index in [0.717, 1.165) is 6.42 Å². The van der Waals surface area contributed by atoms with Crippen LogP contribution in [0.25, 0.3) is 44.5 Å². The fraction of sp³-hybridized carbons (Fsp3) is 0.0526. The number of halogens is 3. The quantitative estimate of drug-likeness (QED) is 0.199. The molecule has 3 nitrogen and oxygen atoms in total. The van der Waals surface area contributed by atoms with Gasteiger partial charge in [0.25, 0.3) is 10.1 Å². The molecule has 6 aromatic carbocycles. The van der Waals surface area contributed by atoms with Crippen LogP contribution in [0.1, 0.15) is 16.7 Å². The van der Waals surface area contributed by atoms with Gasteiger partial charge in [-0.3, -0.25) is 4.55 Å². The van der Waals surface area contributed by atoms with Crippen molar-refractivity contribution in [3.05, 3.63) is 162 Å². The summed E-state index contributed by atoms with van der Waals surface area (Å²) >= 11 is 0. The molecule has 1 aliphatic rings. The van der Waals surface area contributed by atoms with Crippen LogP contribution < -0.4 is 0 Å². The molecule has 0 atom stereocenters. The van der Waals surface area contributed by atoms with Crippen LogP contribution in [0.15, 0.2) is 150 Å². The van der Waals surface area contributed by atoms with Crippen LogP contribution in [0.2, 0.25) is 0 Å². The predicted molar refractivity (Wildman–Crippen MR) is 172 cm³/mol. The summed E-state index contributed by atoms with van der Waals surface area (Å²) in [5, 5.41) is 0. The molecule has 0 bridgehead atoms. The smallest absolute Gasteiger partial charge is 0.282 e. The zero-order valence-corrected chi connectivity index (χ0v) is 24.7. The minimum Gasteiger partial charge on any atom is -0.282 e. The second kappa shape index (κ2) is 12.2. The fourth-order valence-corrected chi connectivity index (χ4v) is 6.25. The fourth-order valence-electron chi connectivity index (χ4n) is 5.77. The van der Waals surface area contributed by atoms with Gasteiger partial charge in [-0.2, -0.15) is 21.6 Å². The van der Waals surface area contributed by atoms with Crippen LogP contribution in [-0.4, -0.2) is 13.0 Å². The van der Waals surface area contributed by atoms with Crippen molar-refractivity contribution in [2.24, 2.45) is 0 Å². The molecule has 7 heteroatoms. The van der Waals surface area contributed by atoms with Gasteiger partial charge in [0.1, 0.15) is 0 Å². The summed E-state index contributed by atoms with van der Waals surface area (Å²) < 4.78 is 65.4. The molecule has 0 spiro atoms. The minimum atomic E-state index is -4.52. The summed E-state index contributed by atoms with van der Waals surface area (Å²) in [6.45, 7) is 0. The zero-order valence-electron chi connectivity index (χ0n) is 23.9. The lowest BCUT2D eigenvalue weighted by Crippen LogP contribution is -2.05. The monoisotopic (exact) mass is 620 g/mol. The molecule has 0 saturated heterocycles. The Balaban J connectivity index is 0.000000216. The molecule has 1 aliphatic carbocycles. The molecule has 0 aliphatic heterocycles. The van der Waals surface area contributed by atoms with Gasteiger partial charge in [-0.25, -0.2) is 0 Å². The van der Waals surface area contributed by atoms with Gasteiger partial charge in [0.15, 0.2) is 0 Å². The standard InChI is InChI=1S/C31H22.C7H5F3O3S/c1-4-12-22(13-5-1)27-21-28(23-14-6-2-7-15-23)31-26-19-11-10-18-25(26)20-29(31)30(27)24-16-8-3-9-17-24;8-7(9,10)5-1-3-6(4-2-5)14(11,12)13/h1-19,21H,20H2;1-4H,(H,11,12,13). The number of hydrogen-bond donors (Lipinski definition) is 1. The van der Waals surface area contributed by atoms with Crippen molar-refractivity contribution in [3.8, 4) is 44.5 Å². The van der Waals surface area contributed by atoms with E-state index in [9.17, 15) is 21.6 Å². The van der Waals surface area contributed by atoms with Crippen molar-refractivity contribution >= 4 is 10.1 Å². The third-order valence-electron chi connectivity index (χ3n) is 7.80. The Morgan fingerprint density at radius 3 is 1.51 bits per heavy atom. The largest absolute Gasteiger partial charge is 0.416 e. The molecule has 0 heterocycles. The first-order valence-electron chi connectivity index (χ1n) is 14.2. The molecule has 7 rings (SSSR count). The Morgan fingerprint density at radius 2 is 1.00 bits per heavy atom. The molecule has 45 heavy (non-hydrogen) atoms. The van der Waals surface area contributed by atoms with Crippen LogP contribution in [0.4, 0.5) is 13.2 Å². The van der Waals surface area contributed by atoms with Gasteiger partial charge >= 0.3 is 6.18 Å². The Morgan fingerprint density at radius 1 is 0.533 bits per heavy atom. The zero-order chi connectivity index (χ0) is 31.6. The van der Waals surface area contributed by atoms with E-state index in [1.807, 2.05) is 0 Å². The maximum absolute atomic E-state index is 12.0. The molecule has 224 valence electrons. The Bertz CT molecular complexity index is 2060. The molecule has 0 saturated carbocycles. The highest BCUT2D eigenvalue weighted by molar-refractivity contribution is 7.85. The Hall–Kier alpha value is -4.98. The van der Waals surface area contributed by atoms with Gasteiger partial charge in [0.05, 0.1) is 10.5 Å². The van der Waals surface area contributed by atoms with Crippen molar-refractivity contribution in [2.75, 3.05) is 0 Å². The van der Waals surface area contributed by atoms with Crippen molar-refractivity contribution < 1.29 is 26.1 Å². The highest BCUT2D eigenvalue weighted by Gasteiger charge is 2.30. The molecule has 0 aromatic heterocycles. The first-order chi connectivity index (χ1) is 21.6. The lowest BCUT2D eigenvalue weighted by Gasteiger charge is -2.20. The molecular weight excluding hydrogens is 593 g/mol. The molecule has 0 unspecified atom stereocenters. The predicted octanol–water partition coefficient (Wildman–Crippen LogP) is 10.2. The highest BCUT2D eigenvalue weighted by atomic mass is 32.2. The third-order valence-corrected chi connectivity index (χ3v) is 8.66. The van der Waals surface area contributed by atoms with E-state index in [-0.39, 0.29) is 0 Å². The maximum Gasteiger partial charge on any atom is 0.416 e. The van der Waals surface area contributed by atoms with Gasteiger partial charge in [0.2, 0.25) is 0 Å². The van der Waals surface area contributed by atoms with E-state index in [2.05, 4.69) is 121 Å². The van der Waals surface area contributed by atoms with E-state index in [4.69, 9.17) is 4.55 Å². The number of benzene rings is 6. The first kappa shape index (κ1) is 30.1. The van der Waals surface area contributed by atoms with E-state index < -0.39 is 26.8 Å². The van der Waals surface area contributed by atoms with Crippen molar-refractivity contribution in [1.82, 2.24) is 0 Å². The summed E-state index contributed by atoms with van der Waals surface area (Å²) in [6, 6.07) is 46.4. The number of hydrogen-bond acceptors (Lipinski definition) is 2. The summed E-state index contributed by atoms with van der Waals surface area (Å²) in [6.07, 6.45) is -3.55. The van der Waals surface area contributed by atoms with Gasteiger partial charge in [-0.15, -0.1) is 0 Å². The molecule has 0 radical (unpaired) electrons. The Labute approximate surface area is 260 Å². The van der Waals surface area contributed by atoms with E-state index >= 15 is 0 Å². The first-order valence-corrected chi connectivity index (χ1v) is 15.6. The average molecular weight is 621 g/mol. The number of alkyl halides is 3. The summed E-state index contributed by atoms with van der Waals surface area (Å²) in [5.74, 6) is 0. The molecule has 0 amide bonds. The SMILES string of the molecule is O=S(=O)(O)c1ccc(C(F)(F)F)cc1.c1ccc(-c2cc(-c3ccccc3)c3c(c2-c2ccccc2)Cc2ccccc2-3)cc1. The highest BCUT2D eigenvalue weighted by Crippen LogP contribution is 2.50. The van der Waals surface area contributed by atoms with Gasteiger partial charge in [-0.05, 0) is 92.4 Å². The topological polar surface area (TPSA) is 54.4 Å². The van der Waals surface area contributed by atoms with Gasteiger partial charge in [-0.1, -0.05) is 115 Å². The van der Waals surface area contributed by atoms with Crippen LogP contribution in [0.3, 0.4) is 0 Å². The van der Waals surface area contributed by atoms with Gasteiger partial charge < -0.3 is 0 Å². The molecule has 6 aromatic rings. The van der Waals surface area contributed by atoms with E-state index in [1.165, 1.54) is 55.6 Å². The summed E-state index contributed by atoms with van der Waals surface area (Å²) in [4.78, 5) is -0.564. The van der Waals surface area contributed by atoms with Crippen LogP contribution in [0, 0.1) is 0 Å². The van der Waals surface area contributed by atoms with Crippen molar-refractivity contribution in [3.63, 3.8) is 0 Å². The third kappa shape index (κ3) is 6.32. The molecular formula is C38H27F3O3S. The molecule has 0 fully saturated rings. The molecule has 1 N–H and O–H groups in total. The number of rotatable bonds is 4. The second-order valence-corrected chi connectivity index (χ2v) is 12.1. The normalized spacial score (nSPS) is 12.1. The van der Waals surface area contributed by atoms with Crippen LogP contribution in [0.5, 0.6) is 0 Å². The van der Waals surface area contributed by atoms with Gasteiger partial charge in [0, 0.05) is 0 Å². The Kier molecular flexibility index (Phi) is 8.14.